The Morgan fingerprint density at radius 2 is 1.62 bits per heavy atom. The molecule has 0 saturated heterocycles. The molecular weight excluding hydrogens is 280 g/mol. The molecule has 6 N–H and O–H groups in total. The van der Waals surface area contributed by atoms with Crippen molar-refractivity contribution < 1.29 is 24.3 Å². The molecule has 0 radical (unpaired) electrons. The zero-order chi connectivity index (χ0) is 16.6. The highest BCUT2D eigenvalue weighted by Crippen LogP contribution is 1.97. The molecule has 0 heterocycles. The molecule has 0 aromatic rings. The largest absolute Gasteiger partial charge is 0.480 e. The Bertz CT molecular complexity index is 410. The molecule has 0 rings (SSSR count). The van der Waals surface area contributed by atoms with Gasteiger partial charge in [0.15, 0.2) is 0 Å². The summed E-state index contributed by atoms with van der Waals surface area (Å²) < 4.78 is 0. The van der Waals surface area contributed by atoms with Crippen LogP contribution in [0.5, 0.6) is 0 Å². The summed E-state index contributed by atoms with van der Waals surface area (Å²) in [6.07, 6.45) is -0.286. The van der Waals surface area contributed by atoms with E-state index in [4.69, 9.17) is 10.8 Å². The third-order valence-electron chi connectivity index (χ3n) is 2.45. The average Bonchev–Trinajstić information content (AvgIpc) is 2.32. The lowest BCUT2D eigenvalue weighted by molar-refractivity contribution is -0.139. The number of carboxylic acid groups (broad SMARTS) is 1. The molecule has 0 aliphatic rings. The molecular formula is C12H22N4O5. The van der Waals surface area contributed by atoms with Crippen molar-refractivity contribution in [2.75, 3.05) is 0 Å². The molecule has 1 unspecified atom stereocenters. The minimum Gasteiger partial charge on any atom is -0.480 e. The number of amides is 4. The molecule has 9 heteroatoms. The van der Waals surface area contributed by atoms with Crippen LogP contribution in [0.1, 0.15) is 33.6 Å². The summed E-state index contributed by atoms with van der Waals surface area (Å²) in [6.45, 7) is 5.01. The van der Waals surface area contributed by atoms with E-state index in [2.05, 4.69) is 16.0 Å². The molecule has 21 heavy (non-hydrogen) atoms. The fraction of sp³-hybridized carbons (Fsp3) is 0.667. The molecule has 0 fully saturated rings. The topological polar surface area (TPSA) is 151 Å². The number of carbonyl (C=O) groups is 4. The van der Waals surface area contributed by atoms with E-state index in [0.29, 0.717) is 0 Å². The summed E-state index contributed by atoms with van der Waals surface area (Å²) in [5.41, 5.74) is 4.93. The molecule has 0 bridgehead atoms. The van der Waals surface area contributed by atoms with Gasteiger partial charge in [0.2, 0.25) is 11.8 Å². The van der Waals surface area contributed by atoms with E-state index in [1.54, 1.807) is 13.8 Å². The first-order chi connectivity index (χ1) is 9.63. The van der Waals surface area contributed by atoms with Crippen molar-refractivity contribution in [1.82, 2.24) is 16.0 Å². The van der Waals surface area contributed by atoms with Crippen LogP contribution in [-0.2, 0) is 14.4 Å². The van der Waals surface area contributed by atoms with E-state index in [9.17, 15) is 19.2 Å². The number of hydrogen-bond donors (Lipinski definition) is 5. The lowest BCUT2D eigenvalue weighted by Gasteiger charge is -2.18. The number of primary amides is 1. The smallest absolute Gasteiger partial charge is 0.326 e. The molecule has 0 saturated carbocycles. The van der Waals surface area contributed by atoms with E-state index in [-0.39, 0.29) is 24.8 Å². The van der Waals surface area contributed by atoms with Crippen molar-refractivity contribution in [3.8, 4) is 0 Å². The van der Waals surface area contributed by atoms with Crippen molar-refractivity contribution in [2.45, 2.75) is 51.7 Å². The molecule has 9 nitrogen and oxygen atoms in total. The van der Waals surface area contributed by atoms with Gasteiger partial charge in [-0.15, -0.1) is 0 Å². The summed E-state index contributed by atoms with van der Waals surface area (Å²) in [4.78, 5) is 44.8. The van der Waals surface area contributed by atoms with Gasteiger partial charge in [0, 0.05) is 12.5 Å². The minimum atomic E-state index is -1.29. The molecule has 2 atom stereocenters. The van der Waals surface area contributed by atoms with E-state index < -0.39 is 30.0 Å². The van der Waals surface area contributed by atoms with Crippen LogP contribution >= 0.6 is 0 Å². The minimum absolute atomic E-state index is 0.0767. The lowest BCUT2D eigenvalue weighted by atomic mass is 10.1. The second-order valence-corrected chi connectivity index (χ2v) is 4.90. The number of urea groups is 1. The van der Waals surface area contributed by atoms with Crippen LogP contribution in [0.3, 0.4) is 0 Å². The Hall–Kier alpha value is -2.32. The maximum absolute atomic E-state index is 11.6. The van der Waals surface area contributed by atoms with Crippen molar-refractivity contribution in [1.29, 1.82) is 0 Å². The zero-order valence-corrected chi connectivity index (χ0v) is 12.3. The first-order valence-electron chi connectivity index (χ1n) is 6.52. The van der Waals surface area contributed by atoms with Crippen LogP contribution in [-0.4, -0.2) is 47.0 Å². The van der Waals surface area contributed by atoms with Gasteiger partial charge in [-0.1, -0.05) is 0 Å². The van der Waals surface area contributed by atoms with Crippen LogP contribution in [0, 0.1) is 0 Å². The number of carbonyl (C=O) groups excluding carboxylic acids is 3. The van der Waals surface area contributed by atoms with Gasteiger partial charge in [0.1, 0.15) is 12.1 Å². The Labute approximate surface area is 122 Å². The number of hydrogen-bond acceptors (Lipinski definition) is 4. The molecule has 0 aromatic heterocycles. The van der Waals surface area contributed by atoms with Crippen molar-refractivity contribution in [2.24, 2.45) is 5.73 Å². The van der Waals surface area contributed by atoms with Gasteiger partial charge in [-0.05, 0) is 27.2 Å². The summed E-state index contributed by atoms with van der Waals surface area (Å²) in [5, 5.41) is 16.0. The summed E-state index contributed by atoms with van der Waals surface area (Å²) in [6, 6.07) is -2.96. The average molecular weight is 302 g/mol. The Kier molecular flexibility index (Phi) is 7.80. The predicted molar refractivity (Wildman–Crippen MR) is 74.3 cm³/mol. The highest BCUT2D eigenvalue weighted by atomic mass is 16.4. The monoisotopic (exact) mass is 302 g/mol. The molecule has 4 amide bonds. The maximum Gasteiger partial charge on any atom is 0.326 e. The zero-order valence-electron chi connectivity index (χ0n) is 12.3. The molecule has 0 aliphatic heterocycles. The van der Waals surface area contributed by atoms with Crippen LogP contribution in [0.4, 0.5) is 4.79 Å². The Morgan fingerprint density at radius 3 is 2.05 bits per heavy atom. The molecule has 120 valence electrons. The summed E-state index contributed by atoms with van der Waals surface area (Å²) in [5.74, 6) is -2.33. The first-order valence-corrected chi connectivity index (χ1v) is 6.52. The highest BCUT2D eigenvalue weighted by molar-refractivity contribution is 5.88. The summed E-state index contributed by atoms with van der Waals surface area (Å²) in [7, 11) is 0. The SMILES string of the molecule is CC(C)NC(=O)C(C)NC(=O)N[C@H](CCC(N)=O)C(=O)O. The number of aliphatic carboxylic acids is 1. The molecule has 0 aliphatic carbocycles. The molecule has 0 spiro atoms. The number of nitrogens with one attached hydrogen (secondary N) is 3. The lowest BCUT2D eigenvalue weighted by Crippen LogP contribution is -2.53. The van der Waals surface area contributed by atoms with Crippen LogP contribution in [0.2, 0.25) is 0 Å². The summed E-state index contributed by atoms with van der Waals surface area (Å²) >= 11 is 0. The maximum atomic E-state index is 11.6. The van der Waals surface area contributed by atoms with E-state index in [1.807, 2.05) is 0 Å². The van der Waals surface area contributed by atoms with Gasteiger partial charge in [-0.25, -0.2) is 9.59 Å². The number of nitrogens with two attached hydrogens (primary N) is 1. The molecule has 0 aromatic carbocycles. The van der Waals surface area contributed by atoms with Gasteiger partial charge in [0.25, 0.3) is 0 Å². The van der Waals surface area contributed by atoms with Crippen LogP contribution in [0.25, 0.3) is 0 Å². The van der Waals surface area contributed by atoms with E-state index in [0.717, 1.165) is 0 Å². The van der Waals surface area contributed by atoms with Crippen molar-refractivity contribution in [3.63, 3.8) is 0 Å². The third kappa shape index (κ3) is 8.45. The fourth-order valence-corrected chi connectivity index (χ4v) is 1.42. The van der Waals surface area contributed by atoms with Gasteiger partial charge >= 0.3 is 12.0 Å². The van der Waals surface area contributed by atoms with Gasteiger partial charge < -0.3 is 26.8 Å². The van der Waals surface area contributed by atoms with E-state index >= 15 is 0 Å². The third-order valence-corrected chi connectivity index (χ3v) is 2.45. The second kappa shape index (κ2) is 8.77. The first kappa shape index (κ1) is 18.7. The fourth-order valence-electron chi connectivity index (χ4n) is 1.42. The van der Waals surface area contributed by atoms with Gasteiger partial charge in [-0.2, -0.15) is 0 Å². The second-order valence-electron chi connectivity index (χ2n) is 4.90. The van der Waals surface area contributed by atoms with E-state index in [1.165, 1.54) is 6.92 Å². The quantitative estimate of drug-likeness (QED) is 0.386. The van der Waals surface area contributed by atoms with Crippen LogP contribution in [0.15, 0.2) is 0 Å². The normalized spacial score (nSPS) is 13.1. The Balaban J connectivity index is 4.40. The van der Waals surface area contributed by atoms with Crippen molar-refractivity contribution in [3.05, 3.63) is 0 Å². The van der Waals surface area contributed by atoms with Crippen LogP contribution < -0.4 is 21.7 Å². The predicted octanol–water partition coefficient (Wildman–Crippen LogP) is -1.08. The van der Waals surface area contributed by atoms with Crippen molar-refractivity contribution >= 4 is 23.8 Å². The van der Waals surface area contributed by atoms with Gasteiger partial charge in [-0.3, -0.25) is 9.59 Å². The standard InChI is InChI=1S/C12H22N4O5/c1-6(2)14-10(18)7(3)15-12(21)16-8(11(19)20)4-5-9(13)17/h6-8H,4-5H2,1-3H3,(H2,13,17)(H,14,18)(H,19,20)(H2,15,16,21)/t7?,8-/m1/s1. The highest BCUT2D eigenvalue weighted by Gasteiger charge is 2.22. The number of carboxylic acids is 1. The van der Waals surface area contributed by atoms with Gasteiger partial charge in [0.05, 0.1) is 0 Å². The number of rotatable bonds is 8. The Morgan fingerprint density at radius 1 is 1.05 bits per heavy atom.